The van der Waals surface area contributed by atoms with Gasteiger partial charge >= 0.3 is 0 Å². The zero-order valence-corrected chi connectivity index (χ0v) is 4.51. The van der Waals surface area contributed by atoms with Gasteiger partial charge in [0.1, 0.15) is 0 Å². The molecule has 0 nitrogen and oxygen atoms in total. The Morgan fingerprint density at radius 2 is 0.333 bits per heavy atom. The summed E-state index contributed by atoms with van der Waals surface area (Å²) in [5.41, 5.74) is 0. The summed E-state index contributed by atoms with van der Waals surface area (Å²) in [6.07, 6.45) is 0. The molecule has 0 aromatic rings. The van der Waals surface area contributed by atoms with Gasteiger partial charge in [-0.1, -0.05) is 0 Å². The van der Waals surface area contributed by atoms with E-state index in [1.54, 1.807) is 0 Å². The van der Waals surface area contributed by atoms with Gasteiger partial charge in [0.25, 0.3) is 0 Å². The molecule has 0 saturated heterocycles. The van der Waals surface area contributed by atoms with E-state index < -0.39 is 0 Å². The van der Waals surface area contributed by atoms with Crippen LogP contribution in [-0.2, 0) is 22.4 Å². The average molecular weight is 297 g/mol. The largest absolute Gasteiger partial charge is 0.269 e. The second-order valence-electron chi connectivity index (χ2n) is 0. The Kier molecular flexibility index (Phi) is 139000. The van der Waals surface area contributed by atoms with Crippen molar-refractivity contribution < 1.29 is 45.9 Å². The molecule has 0 amide bonds. The quantitative estimate of drug-likeness (QED) is 0.457. The van der Waals surface area contributed by atoms with Crippen LogP contribution in [0, 0.1) is 0 Å². The third-order valence-electron chi connectivity index (χ3n) is 0. The first-order chi connectivity index (χ1) is 0. The summed E-state index contributed by atoms with van der Waals surface area (Å²) < 4.78 is 0. The topological polar surface area (TPSA) is 0 Å². The minimum absolute atomic E-state index is 0. The van der Waals surface area contributed by atoms with Crippen LogP contribution < -0.4 is 0 Å². The van der Waals surface area contributed by atoms with Crippen molar-refractivity contribution >= 4 is 0 Å². The van der Waals surface area contributed by atoms with E-state index in [1.165, 1.54) is 0 Å². The molecule has 0 aliphatic rings. The number of halogens is 5. The van der Waals surface area contributed by atoms with E-state index in [4.69, 9.17) is 0 Å². The molecule has 6 heteroatoms. The van der Waals surface area contributed by atoms with Gasteiger partial charge in [0.2, 0.25) is 0 Å². The van der Waals surface area contributed by atoms with Crippen molar-refractivity contribution in [3.8, 4) is 0 Å². The number of hydrogen-bond acceptors (Lipinski definition) is 0. The predicted octanol–water partition coefficient (Wildman–Crippen LogP) is 0.760. The average Bonchev–Trinajstić information content (AvgIpc) is 0. The maximum absolute atomic E-state index is 0. The Labute approximate surface area is 46.6 Å². The first-order valence-electron chi connectivity index (χ1n) is 0. The summed E-state index contributed by atoms with van der Waals surface area (Å²) in [5.74, 6) is 0. The molecule has 0 spiro atoms. The van der Waals surface area contributed by atoms with Gasteiger partial charge in [-0.15, -0.1) is 0 Å². The van der Waals surface area contributed by atoms with Crippen molar-refractivity contribution in [2.45, 2.75) is 0 Å². The van der Waals surface area contributed by atoms with Gasteiger partial charge in [0.05, 0.1) is 0 Å². The molecule has 0 aromatic heterocycles. The van der Waals surface area contributed by atoms with Crippen LogP contribution in [0.3, 0.4) is 0 Å². The van der Waals surface area contributed by atoms with E-state index in [1.807, 2.05) is 0 Å². The van der Waals surface area contributed by atoms with Crippen LogP contribution >= 0.6 is 0 Å². The molecular weight excluding hydrogens is 292 g/mol. The molecule has 0 heterocycles. The third-order valence-corrected chi connectivity index (χ3v) is 0. The number of rotatable bonds is 0. The minimum Gasteiger partial charge on any atom is -0.269 e. The van der Waals surface area contributed by atoms with Crippen molar-refractivity contribution in [2.24, 2.45) is 0 Å². The second kappa shape index (κ2) is 682. The van der Waals surface area contributed by atoms with Crippen LogP contribution in [0.25, 0.3) is 0 Å². The smallest absolute Gasteiger partial charge is 0 e. The Hall–Kier alpha value is 0.390. The van der Waals surface area contributed by atoms with Gasteiger partial charge in [0.15, 0.2) is 0 Å². The van der Waals surface area contributed by atoms with Crippen molar-refractivity contribution in [3.05, 3.63) is 0 Å². The van der Waals surface area contributed by atoms with Gasteiger partial charge in [-0.3, -0.25) is 23.5 Å². The van der Waals surface area contributed by atoms with E-state index in [0.717, 1.165) is 0 Å². The molecule has 0 rings (SSSR count). The van der Waals surface area contributed by atoms with Crippen molar-refractivity contribution in [3.63, 3.8) is 0 Å². The van der Waals surface area contributed by atoms with E-state index in [9.17, 15) is 0 Å². The van der Waals surface area contributed by atoms with E-state index in [0.29, 0.717) is 0 Å². The molecule has 51 valence electrons. The molecule has 0 aromatic carbocycles. The first kappa shape index (κ1) is 1220. The van der Waals surface area contributed by atoms with Crippen LogP contribution in [0.4, 0.5) is 23.5 Å². The van der Waals surface area contributed by atoms with Gasteiger partial charge in [-0.05, 0) is 0 Å². The molecule has 1 radical (unpaired) electrons. The third kappa shape index (κ3) is 331. The van der Waals surface area contributed by atoms with Crippen LogP contribution in [0.15, 0.2) is 0 Å². The summed E-state index contributed by atoms with van der Waals surface area (Å²) in [4.78, 5) is 0. The van der Waals surface area contributed by atoms with Gasteiger partial charge < -0.3 is 0 Å². The van der Waals surface area contributed by atoms with Gasteiger partial charge in [-0.25, -0.2) is 0 Å². The zero-order valence-electron chi connectivity index (χ0n) is 2.34. The fraction of sp³-hybridized carbons (Fsp3) is 0. The molecule has 0 atom stereocenters. The summed E-state index contributed by atoms with van der Waals surface area (Å²) in [5, 5.41) is 0. The van der Waals surface area contributed by atoms with Crippen LogP contribution in [0.2, 0.25) is 0 Å². The molecule has 0 fully saturated rings. The minimum atomic E-state index is 0. The summed E-state index contributed by atoms with van der Waals surface area (Å²) >= 11 is 0. The van der Waals surface area contributed by atoms with Crippen molar-refractivity contribution in [1.29, 1.82) is 0 Å². The fourth-order valence-corrected chi connectivity index (χ4v) is 0. The Morgan fingerprint density at radius 3 is 0.333 bits per heavy atom. The van der Waals surface area contributed by atoms with Crippen LogP contribution in [0.1, 0.15) is 0 Å². The molecule has 0 saturated carbocycles. The first-order valence-corrected chi connectivity index (χ1v) is 0. The maximum atomic E-state index is 0. The normalized spacial score (nSPS) is 0. The van der Waals surface area contributed by atoms with E-state index >= 15 is 0 Å². The summed E-state index contributed by atoms with van der Waals surface area (Å²) in [6, 6.07) is 0. The zero-order chi connectivity index (χ0) is 0. The molecular formula is H5AuF5. The summed E-state index contributed by atoms with van der Waals surface area (Å²) in [7, 11) is 0. The molecule has 0 bridgehead atoms. The van der Waals surface area contributed by atoms with E-state index in [-0.39, 0.29) is 45.9 Å². The number of hydrogen-bond donors (Lipinski definition) is 0. The standard InChI is InChI=1S/Au.5FH/h;5*1H. The second-order valence-corrected chi connectivity index (χ2v) is 0. The van der Waals surface area contributed by atoms with Crippen molar-refractivity contribution in [2.75, 3.05) is 0 Å². The Bertz CT molecular complexity index is 3.90. The SMILES string of the molecule is F.F.F.F.F.[Au]. The molecule has 0 aliphatic heterocycles. The van der Waals surface area contributed by atoms with E-state index in [2.05, 4.69) is 0 Å². The van der Waals surface area contributed by atoms with Gasteiger partial charge in [0, 0.05) is 22.4 Å². The Balaban J connectivity index is 0. The summed E-state index contributed by atoms with van der Waals surface area (Å²) in [6.45, 7) is 0. The maximum Gasteiger partial charge on any atom is 0 e. The monoisotopic (exact) mass is 297 g/mol. The molecule has 0 unspecified atom stereocenters. The van der Waals surface area contributed by atoms with Gasteiger partial charge in [-0.2, -0.15) is 0 Å². The fourth-order valence-electron chi connectivity index (χ4n) is 0. The van der Waals surface area contributed by atoms with Crippen LogP contribution in [-0.4, -0.2) is 0 Å². The molecule has 6 heavy (non-hydrogen) atoms. The van der Waals surface area contributed by atoms with Crippen LogP contribution in [0.5, 0.6) is 0 Å². The predicted molar refractivity (Wildman–Crippen MR) is 12.5 cm³/mol. The Morgan fingerprint density at radius 1 is 0.333 bits per heavy atom. The van der Waals surface area contributed by atoms with Crippen molar-refractivity contribution in [1.82, 2.24) is 0 Å². The molecule has 0 N–H and O–H groups in total. The molecule has 0 aliphatic carbocycles.